The Morgan fingerprint density at radius 2 is 2.20 bits per heavy atom. The van der Waals surface area contributed by atoms with Crippen LogP contribution in [0, 0.1) is 5.92 Å². The van der Waals surface area contributed by atoms with Gasteiger partial charge in [0, 0.05) is 16.4 Å². The fraction of sp³-hybridized carbons (Fsp3) is 0.385. The van der Waals surface area contributed by atoms with Gasteiger partial charge in [-0.1, -0.05) is 27.5 Å². The molecule has 7 heteroatoms. The van der Waals surface area contributed by atoms with Crippen LogP contribution in [0.3, 0.4) is 0 Å². The molecule has 0 saturated heterocycles. The number of amidine groups is 1. The molecule has 0 radical (unpaired) electrons. The summed E-state index contributed by atoms with van der Waals surface area (Å²) in [6.07, 6.45) is 2.44. The Kier molecular flexibility index (Phi) is 4.49. The molecule has 0 spiro atoms. The Balaban J connectivity index is 2.11. The molecule has 20 heavy (non-hydrogen) atoms. The second kappa shape index (κ2) is 6.13. The van der Waals surface area contributed by atoms with Crippen LogP contribution in [0.1, 0.15) is 29.6 Å². The van der Waals surface area contributed by atoms with Crippen molar-refractivity contribution in [1.29, 1.82) is 0 Å². The van der Waals surface area contributed by atoms with Crippen molar-refractivity contribution in [1.82, 2.24) is 5.32 Å². The fourth-order valence-corrected chi connectivity index (χ4v) is 2.85. The Labute approximate surface area is 124 Å². The van der Waals surface area contributed by atoms with E-state index in [1.165, 1.54) is 6.07 Å². The summed E-state index contributed by atoms with van der Waals surface area (Å²) in [5.74, 6) is -0.484. The first-order chi connectivity index (χ1) is 9.52. The summed E-state index contributed by atoms with van der Waals surface area (Å²) in [7, 11) is 0. The highest BCUT2D eigenvalue weighted by molar-refractivity contribution is 9.10. The van der Waals surface area contributed by atoms with Crippen molar-refractivity contribution < 1.29 is 15.1 Å². The second-order valence-electron chi connectivity index (χ2n) is 4.80. The van der Waals surface area contributed by atoms with Gasteiger partial charge in [-0.15, -0.1) is 0 Å². The zero-order valence-electron chi connectivity index (χ0n) is 10.7. The summed E-state index contributed by atoms with van der Waals surface area (Å²) < 4.78 is 0.696. The summed E-state index contributed by atoms with van der Waals surface area (Å²) in [4.78, 5) is 12.2. The minimum atomic E-state index is -0.363. The van der Waals surface area contributed by atoms with Crippen LogP contribution < -0.4 is 11.1 Å². The van der Waals surface area contributed by atoms with Gasteiger partial charge in [0.1, 0.15) is 11.6 Å². The average molecular weight is 342 g/mol. The molecule has 2 unspecified atom stereocenters. The highest BCUT2D eigenvalue weighted by Gasteiger charge is 2.32. The fourth-order valence-electron chi connectivity index (χ4n) is 2.50. The molecule has 2 rings (SSSR count). The third-order valence-corrected chi connectivity index (χ3v) is 4.03. The van der Waals surface area contributed by atoms with Gasteiger partial charge >= 0.3 is 0 Å². The van der Waals surface area contributed by atoms with Crippen molar-refractivity contribution in [3.8, 4) is 5.75 Å². The maximum atomic E-state index is 12.2. The molecular formula is C13H16BrN3O3. The van der Waals surface area contributed by atoms with Crippen LogP contribution in [0.4, 0.5) is 0 Å². The highest BCUT2D eigenvalue weighted by Crippen LogP contribution is 2.27. The van der Waals surface area contributed by atoms with Crippen LogP contribution in [0.15, 0.2) is 27.8 Å². The van der Waals surface area contributed by atoms with Crippen molar-refractivity contribution in [2.75, 3.05) is 0 Å². The summed E-state index contributed by atoms with van der Waals surface area (Å²) in [6.45, 7) is 0. The largest absolute Gasteiger partial charge is 0.507 e. The first-order valence-electron chi connectivity index (χ1n) is 6.29. The number of nitrogens with two attached hydrogens (primary N) is 1. The molecule has 1 aromatic rings. The third-order valence-electron chi connectivity index (χ3n) is 3.53. The predicted molar refractivity (Wildman–Crippen MR) is 77.8 cm³/mol. The lowest BCUT2D eigenvalue weighted by atomic mass is 10.0. The smallest absolute Gasteiger partial charge is 0.255 e. The molecule has 2 atom stereocenters. The topological polar surface area (TPSA) is 108 Å². The number of oxime groups is 1. The van der Waals surface area contributed by atoms with E-state index < -0.39 is 0 Å². The maximum absolute atomic E-state index is 12.2. The Hall–Kier alpha value is -1.76. The molecule has 6 nitrogen and oxygen atoms in total. The molecule has 0 heterocycles. The van der Waals surface area contributed by atoms with E-state index in [0.29, 0.717) is 4.47 Å². The quantitative estimate of drug-likeness (QED) is 0.291. The van der Waals surface area contributed by atoms with Gasteiger partial charge in [0.25, 0.3) is 5.91 Å². The van der Waals surface area contributed by atoms with Gasteiger partial charge in [-0.3, -0.25) is 4.79 Å². The summed E-state index contributed by atoms with van der Waals surface area (Å²) in [5, 5.41) is 24.4. The second-order valence-corrected chi connectivity index (χ2v) is 5.72. The van der Waals surface area contributed by atoms with E-state index in [1.54, 1.807) is 12.1 Å². The van der Waals surface area contributed by atoms with Crippen molar-refractivity contribution in [3.63, 3.8) is 0 Å². The van der Waals surface area contributed by atoms with Crippen molar-refractivity contribution in [3.05, 3.63) is 28.2 Å². The number of benzene rings is 1. The number of aromatic hydroxyl groups is 1. The number of phenolic OH excluding ortho intramolecular Hbond substituents is 1. The summed E-state index contributed by atoms with van der Waals surface area (Å²) in [5.41, 5.74) is 5.83. The molecule has 1 aliphatic rings. The third kappa shape index (κ3) is 3.04. The molecule has 0 aromatic heterocycles. The number of phenols is 1. The number of rotatable bonds is 3. The van der Waals surface area contributed by atoms with E-state index in [-0.39, 0.29) is 35.0 Å². The number of amides is 1. The molecule has 5 N–H and O–H groups in total. The zero-order chi connectivity index (χ0) is 14.7. The van der Waals surface area contributed by atoms with Gasteiger partial charge in [0.15, 0.2) is 0 Å². The minimum absolute atomic E-state index is 0.0878. The van der Waals surface area contributed by atoms with Gasteiger partial charge in [-0.05, 0) is 31.0 Å². The van der Waals surface area contributed by atoms with Crippen molar-refractivity contribution >= 4 is 27.7 Å². The first-order valence-corrected chi connectivity index (χ1v) is 7.09. The molecule has 1 aliphatic carbocycles. The standard InChI is InChI=1S/C13H16BrN3O3/c14-7-4-5-9(11(18)6-7)13(19)16-10-3-1-2-8(10)12(15)17-20/h4-6,8,10,18,20H,1-3H2,(H2,15,17)(H,16,19). The highest BCUT2D eigenvalue weighted by atomic mass is 79.9. The lowest BCUT2D eigenvalue weighted by Gasteiger charge is -2.20. The number of halogens is 1. The van der Waals surface area contributed by atoms with Crippen LogP contribution in [0.2, 0.25) is 0 Å². The summed E-state index contributed by atoms with van der Waals surface area (Å²) >= 11 is 3.22. The molecule has 0 aliphatic heterocycles. The van der Waals surface area contributed by atoms with Crippen LogP contribution in [0.5, 0.6) is 5.75 Å². The molecule has 1 fully saturated rings. The van der Waals surface area contributed by atoms with Crippen molar-refractivity contribution in [2.24, 2.45) is 16.8 Å². The lowest BCUT2D eigenvalue weighted by molar-refractivity contribution is 0.0930. The molecular weight excluding hydrogens is 326 g/mol. The monoisotopic (exact) mass is 341 g/mol. The van der Waals surface area contributed by atoms with Gasteiger partial charge in [0.05, 0.1) is 5.56 Å². The number of hydrogen-bond donors (Lipinski definition) is 4. The molecule has 1 saturated carbocycles. The van der Waals surface area contributed by atoms with Gasteiger partial charge in [-0.2, -0.15) is 0 Å². The van der Waals surface area contributed by atoms with E-state index in [0.717, 1.165) is 19.3 Å². The summed E-state index contributed by atoms with van der Waals surface area (Å²) in [6, 6.07) is 4.51. The number of carbonyl (C=O) groups excluding carboxylic acids is 1. The minimum Gasteiger partial charge on any atom is -0.507 e. The number of hydrogen-bond acceptors (Lipinski definition) is 4. The molecule has 108 valence electrons. The molecule has 1 amide bonds. The Bertz CT molecular complexity index is 548. The van der Waals surface area contributed by atoms with E-state index >= 15 is 0 Å². The normalized spacial score (nSPS) is 22.8. The maximum Gasteiger partial charge on any atom is 0.255 e. The van der Waals surface area contributed by atoms with Crippen LogP contribution >= 0.6 is 15.9 Å². The predicted octanol–water partition coefficient (Wildman–Crippen LogP) is 1.80. The first kappa shape index (κ1) is 14.6. The number of carbonyl (C=O) groups is 1. The van der Waals surface area contributed by atoms with Gasteiger partial charge in [0.2, 0.25) is 0 Å². The SMILES string of the molecule is NC(=NO)C1CCCC1NC(=O)c1ccc(Br)cc1O. The van der Waals surface area contributed by atoms with E-state index in [9.17, 15) is 9.90 Å². The van der Waals surface area contributed by atoms with Crippen LogP contribution in [0.25, 0.3) is 0 Å². The lowest BCUT2D eigenvalue weighted by Crippen LogP contribution is -2.42. The van der Waals surface area contributed by atoms with E-state index in [2.05, 4.69) is 26.4 Å². The van der Waals surface area contributed by atoms with E-state index in [4.69, 9.17) is 10.9 Å². The zero-order valence-corrected chi connectivity index (χ0v) is 12.3. The number of nitrogens with zero attached hydrogens (tertiary/aromatic N) is 1. The molecule has 0 bridgehead atoms. The van der Waals surface area contributed by atoms with Gasteiger partial charge < -0.3 is 21.4 Å². The Morgan fingerprint density at radius 1 is 1.45 bits per heavy atom. The van der Waals surface area contributed by atoms with Crippen molar-refractivity contribution in [2.45, 2.75) is 25.3 Å². The number of nitrogens with one attached hydrogen (secondary N) is 1. The Morgan fingerprint density at radius 3 is 2.85 bits per heavy atom. The van der Waals surface area contributed by atoms with Crippen LogP contribution in [-0.4, -0.2) is 28.1 Å². The van der Waals surface area contributed by atoms with Gasteiger partial charge in [-0.25, -0.2) is 0 Å². The van der Waals surface area contributed by atoms with Crippen LogP contribution in [-0.2, 0) is 0 Å². The molecule has 1 aromatic carbocycles. The average Bonchev–Trinajstić information content (AvgIpc) is 2.85. The van der Waals surface area contributed by atoms with E-state index in [1.807, 2.05) is 0 Å².